The van der Waals surface area contributed by atoms with Crippen molar-refractivity contribution in [3.8, 4) is 0 Å². The van der Waals surface area contributed by atoms with Crippen LogP contribution in [0.5, 0.6) is 0 Å². The molecule has 0 rings (SSSR count). The Hall–Kier alpha value is -0.380. The van der Waals surface area contributed by atoms with Gasteiger partial charge in [0.15, 0.2) is 0 Å². The lowest BCUT2D eigenvalue weighted by atomic mass is 10.2. The van der Waals surface area contributed by atoms with E-state index in [1.807, 2.05) is 6.92 Å². The summed E-state index contributed by atoms with van der Waals surface area (Å²) < 4.78 is 0. The zero-order valence-electron chi connectivity index (χ0n) is 6.12. The Morgan fingerprint density at radius 1 is 1.20 bits per heavy atom. The highest BCUT2D eigenvalue weighted by Gasteiger charge is 2.14. The molecule has 0 heterocycles. The minimum absolute atomic E-state index is 0.132. The number of unbranched alkanes of at least 4 members (excludes halogenated alkanes) is 1. The van der Waals surface area contributed by atoms with Gasteiger partial charge in [0.2, 0.25) is 0 Å². The van der Waals surface area contributed by atoms with E-state index in [1.54, 1.807) is 12.2 Å². The second-order valence-corrected chi connectivity index (χ2v) is 2.24. The highest BCUT2D eigenvalue weighted by Crippen LogP contribution is 2.01. The summed E-state index contributed by atoms with van der Waals surface area (Å²) in [7, 11) is 0. The molecule has 60 valence electrons. The topological polar surface area (TPSA) is 60.7 Å². The molecule has 0 unspecified atom stereocenters. The SMILES string of the molecule is CCCC=CCC(O)(O)O. The van der Waals surface area contributed by atoms with Crippen LogP contribution in [0.2, 0.25) is 0 Å². The average molecular weight is 146 g/mol. The van der Waals surface area contributed by atoms with Crippen LogP contribution < -0.4 is 0 Å². The van der Waals surface area contributed by atoms with E-state index in [4.69, 9.17) is 15.3 Å². The number of aliphatic hydroxyl groups is 3. The zero-order chi connectivity index (χ0) is 8.04. The fraction of sp³-hybridized carbons (Fsp3) is 0.714. The van der Waals surface area contributed by atoms with Crippen LogP contribution in [0.25, 0.3) is 0 Å². The van der Waals surface area contributed by atoms with Gasteiger partial charge in [-0.15, -0.1) is 0 Å². The number of rotatable bonds is 4. The molecule has 0 aromatic heterocycles. The van der Waals surface area contributed by atoms with E-state index >= 15 is 0 Å². The molecule has 0 saturated carbocycles. The first kappa shape index (κ1) is 9.62. The highest BCUT2D eigenvalue weighted by atomic mass is 16.7. The fourth-order valence-corrected chi connectivity index (χ4v) is 0.526. The van der Waals surface area contributed by atoms with Gasteiger partial charge in [-0.05, 0) is 6.42 Å². The molecule has 3 N–H and O–H groups in total. The molecule has 0 aliphatic carbocycles. The van der Waals surface area contributed by atoms with Crippen LogP contribution in [0.15, 0.2) is 12.2 Å². The van der Waals surface area contributed by atoms with Gasteiger partial charge in [0.25, 0.3) is 5.97 Å². The van der Waals surface area contributed by atoms with E-state index in [2.05, 4.69) is 0 Å². The third kappa shape index (κ3) is 7.62. The summed E-state index contributed by atoms with van der Waals surface area (Å²) in [6.07, 6.45) is 5.13. The third-order valence-corrected chi connectivity index (χ3v) is 1.01. The van der Waals surface area contributed by atoms with Gasteiger partial charge < -0.3 is 15.3 Å². The summed E-state index contributed by atoms with van der Waals surface area (Å²) in [5.41, 5.74) is 0. The summed E-state index contributed by atoms with van der Waals surface area (Å²) in [5, 5.41) is 25.1. The van der Waals surface area contributed by atoms with E-state index in [0.717, 1.165) is 12.8 Å². The Labute approximate surface area is 60.6 Å². The number of allylic oxidation sites excluding steroid dienone is 1. The lowest BCUT2D eigenvalue weighted by molar-refractivity contribution is -0.308. The first-order valence-corrected chi connectivity index (χ1v) is 3.38. The Kier molecular flexibility index (Phi) is 4.27. The lowest BCUT2D eigenvalue weighted by Gasteiger charge is -2.09. The molecule has 3 heteroatoms. The minimum atomic E-state index is -2.54. The first-order chi connectivity index (χ1) is 4.56. The monoisotopic (exact) mass is 146 g/mol. The second-order valence-electron chi connectivity index (χ2n) is 2.24. The van der Waals surface area contributed by atoms with Crippen LogP contribution in [0.3, 0.4) is 0 Å². The van der Waals surface area contributed by atoms with Crippen molar-refractivity contribution < 1.29 is 15.3 Å². The minimum Gasteiger partial charge on any atom is -0.343 e. The molecule has 0 fully saturated rings. The molecular weight excluding hydrogens is 132 g/mol. The smallest absolute Gasteiger partial charge is 0.278 e. The van der Waals surface area contributed by atoms with Gasteiger partial charge >= 0.3 is 0 Å². The molecule has 0 atom stereocenters. The second kappa shape index (κ2) is 4.44. The molecule has 0 aromatic carbocycles. The van der Waals surface area contributed by atoms with Gasteiger partial charge in [0.1, 0.15) is 0 Å². The van der Waals surface area contributed by atoms with Crippen molar-refractivity contribution >= 4 is 0 Å². The van der Waals surface area contributed by atoms with Crippen molar-refractivity contribution in [3.63, 3.8) is 0 Å². The van der Waals surface area contributed by atoms with Gasteiger partial charge in [-0.2, -0.15) is 0 Å². The Bertz CT molecular complexity index is 102. The third-order valence-electron chi connectivity index (χ3n) is 1.01. The number of hydrogen-bond acceptors (Lipinski definition) is 3. The molecule has 0 aliphatic rings. The molecule has 0 spiro atoms. The highest BCUT2D eigenvalue weighted by molar-refractivity contribution is 4.82. The molecule has 0 amide bonds. The Morgan fingerprint density at radius 3 is 2.20 bits per heavy atom. The van der Waals surface area contributed by atoms with E-state index < -0.39 is 5.97 Å². The lowest BCUT2D eigenvalue weighted by Crippen LogP contribution is -2.25. The summed E-state index contributed by atoms with van der Waals surface area (Å²) >= 11 is 0. The van der Waals surface area contributed by atoms with Gasteiger partial charge in [-0.3, -0.25) is 0 Å². The summed E-state index contributed by atoms with van der Waals surface area (Å²) in [6.45, 7) is 2.02. The maximum Gasteiger partial charge on any atom is 0.278 e. The predicted octanol–water partition coefficient (Wildman–Crippen LogP) is 0.363. The molecule has 10 heavy (non-hydrogen) atoms. The summed E-state index contributed by atoms with van der Waals surface area (Å²) in [5.74, 6) is -2.54. The van der Waals surface area contributed by atoms with Crippen molar-refractivity contribution in [2.24, 2.45) is 0 Å². The molecule has 3 nitrogen and oxygen atoms in total. The van der Waals surface area contributed by atoms with Crippen molar-refractivity contribution in [2.75, 3.05) is 0 Å². The van der Waals surface area contributed by atoms with Crippen molar-refractivity contribution in [1.29, 1.82) is 0 Å². The molecule has 0 radical (unpaired) electrons. The van der Waals surface area contributed by atoms with Crippen molar-refractivity contribution in [1.82, 2.24) is 0 Å². The maximum absolute atomic E-state index is 8.38. The van der Waals surface area contributed by atoms with Gasteiger partial charge in [0.05, 0.1) is 0 Å². The van der Waals surface area contributed by atoms with E-state index in [9.17, 15) is 0 Å². The van der Waals surface area contributed by atoms with E-state index in [1.165, 1.54) is 0 Å². The number of hydrogen-bond donors (Lipinski definition) is 3. The molecule has 0 bridgehead atoms. The average Bonchev–Trinajstić information content (AvgIpc) is 1.78. The van der Waals surface area contributed by atoms with Crippen LogP contribution in [-0.4, -0.2) is 21.3 Å². The van der Waals surface area contributed by atoms with Crippen LogP contribution in [0.1, 0.15) is 26.2 Å². The van der Waals surface area contributed by atoms with E-state index in [-0.39, 0.29) is 6.42 Å². The van der Waals surface area contributed by atoms with Crippen LogP contribution >= 0.6 is 0 Å². The van der Waals surface area contributed by atoms with Crippen LogP contribution in [0.4, 0.5) is 0 Å². The Balaban J connectivity index is 3.34. The van der Waals surface area contributed by atoms with Crippen molar-refractivity contribution in [3.05, 3.63) is 12.2 Å². The quantitative estimate of drug-likeness (QED) is 0.396. The van der Waals surface area contributed by atoms with Crippen molar-refractivity contribution in [2.45, 2.75) is 32.2 Å². The van der Waals surface area contributed by atoms with Gasteiger partial charge in [-0.25, -0.2) is 0 Å². The summed E-state index contributed by atoms with van der Waals surface area (Å²) in [4.78, 5) is 0. The molecule has 0 aromatic rings. The summed E-state index contributed by atoms with van der Waals surface area (Å²) in [6, 6.07) is 0. The fourth-order valence-electron chi connectivity index (χ4n) is 0.526. The molecular formula is C7H14O3. The van der Waals surface area contributed by atoms with Gasteiger partial charge in [0, 0.05) is 6.42 Å². The molecule has 0 saturated heterocycles. The maximum atomic E-state index is 8.38. The normalized spacial score (nSPS) is 12.8. The Morgan fingerprint density at radius 2 is 1.80 bits per heavy atom. The van der Waals surface area contributed by atoms with Gasteiger partial charge in [-0.1, -0.05) is 25.5 Å². The van der Waals surface area contributed by atoms with Crippen LogP contribution in [0, 0.1) is 0 Å². The first-order valence-electron chi connectivity index (χ1n) is 3.38. The van der Waals surface area contributed by atoms with Crippen LogP contribution in [-0.2, 0) is 0 Å². The molecule has 0 aliphatic heterocycles. The zero-order valence-corrected chi connectivity index (χ0v) is 6.12. The van der Waals surface area contributed by atoms with E-state index in [0.29, 0.717) is 0 Å². The largest absolute Gasteiger partial charge is 0.343 e. The predicted molar refractivity (Wildman–Crippen MR) is 38.1 cm³/mol. The standard InChI is InChI=1S/C7H14O3/c1-2-3-4-5-6-7(8,9)10/h4-5,8-10H,2-3,6H2,1H3.